The van der Waals surface area contributed by atoms with Gasteiger partial charge in [-0.15, -0.1) is 22.7 Å². The Labute approximate surface area is 169 Å². The molecular weight excluding hydrogens is 453 g/mol. The smallest absolute Gasteiger partial charge is 0.194 e. The zero-order valence-corrected chi connectivity index (χ0v) is 17.5. The van der Waals surface area contributed by atoms with Crippen LogP contribution in [0.3, 0.4) is 0 Å². The molecule has 0 saturated carbocycles. The van der Waals surface area contributed by atoms with Crippen molar-refractivity contribution < 1.29 is 26.3 Å². The molecule has 0 radical (unpaired) electrons. The highest BCUT2D eigenvalue weighted by atomic mass is 35.5. The highest BCUT2D eigenvalue weighted by Crippen LogP contribution is 2.67. The third-order valence-corrected chi connectivity index (χ3v) is 7.75. The molecule has 0 amide bonds. The first-order chi connectivity index (χ1) is 12.2. The van der Waals surface area contributed by atoms with Crippen LogP contribution in [0.2, 0.25) is 10.0 Å². The zero-order valence-electron chi connectivity index (χ0n) is 14.3. The largest absolute Gasteiger partial charge is 0.380 e. The van der Waals surface area contributed by atoms with E-state index in [2.05, 4.69) is 0 Å². The van der Waals surface area contributed by atoms with Gasteiger partial charge in [0.15, 0.2) is 0 Å². The number of aryl methyl sites for hydroxylation is 4. The van der Waals surface area contributed by atoms with Crippen molar-refractivity contribution >= 4 is 57.0 Å². The van der Waals surface area contributed by atoms with E-state index in [0.29, 0.717) is 9.75 Å². The van der Waals surface area contributed by atoms with Crippen LogP contribution in [0.15, 0.2) is 0 Å². The van der Waals surface area contributed by atoms with Crippen LogP contribution < -0.4 is 0 Å². The van der Waals surface area contributed by atoms with Crippen LogP contribution in [-0.2, 0) is 0 Å². The van der Waals surface area contributed by atoms with Crippen LogP contribution in [0.4, 0.5) is 26.3 Å². The Bertz CT molecular complexity index is 908. The summed E-state index contributed by atoms with van der Waals surface area (Å²) >= 11 is 14.1. The van der Waals surface area contributed by atoms with Crippen molar-refractivity contribution in [2.24, 2.45) is 0 Å². The fourth-order valence-corrected chi connectivity index (χ4v) is 6.00. The van der Waals surface area contributed by atoms with Crippen LogP contribution in [0.1, 0.15) is 30.6 Å². The van der Waals surface area contributed by atoms with Gasteiger partial charge in [0.1, 0.15) is 0 Å². The Morgan fingerprint density at radius 1 is 0.593 bits per heavy atom. The molecule has 0 aliphatic heterocycles. The molecule has 148 valence electrons. The third kappa shape index (κ3) is 2.56. The summed E-state index contributed by atoms with van der Waals surface area (Å²) in [4.78, 5) is 1.04. The Balaban J connectivity index is 2.55. The molecule has 1 aliphatic rings. The Hall–Kier alpha value is -0.700. The Kier molecular flexibility index (Phi) is 4.79. The van der Waals surface area contributed by atoms with Gasteiger partial charge in [0.2, 0.25) is 0 Å². The van der Waals surface area contributed by atoms with Gasteiger partial charge in [0.25, 0.3) is 0 Å². The maximum atomic E-state index is 14.8. The predicted octanol–water partition coefficient (Wildman–Crippen LogP) is 8.18. The number of alkyl halides is 6. The molecule has 0 atom stereocenters. The van der Waals surface area contributed by atoms with Gasteiger partial charge in [-0.05, 0) is 27.7 Å². The van der Waals surface area contributed by atoms with Crippen molar-refractivity contribution in [3.63, 3.8) is 0 Å². The molecule has 2 heterocycles. The fourth-order valence-electron chi connectivity index (χ4n) is 3.27. The molecular formula is C17H12Cl2F6S2. The molecule has 1 aliphatic carbocycles. The average Bonchev–Trinajstić information content (AvgIpc) is 2.95. The molecule has 0 aromatic carbocycles. The van der Waals surface area contributed by atoms with E-state index in [4.69, 9.17) is 23.2 Å². The molecule has 0 unspecified atom stereocenters. The molecule has 0 fully saturated rings. The van der Waals surface area contributed by atoms with Gasteiger partial charge < -0.3 is 0 Å². The van der Waals surface area contributed by atoms with Crippen LogP contribution in [0.25, 0.3) is 11.1 Å². The summed E-state index contributed by atoms with van der Waals surface area (Å²) in [6, 6.07) is 0. The molecule has 3 rings (SSSR count). The summed E-state index contributed by atoms with van der Waals surface area (Å²) in [5, 5.41) is -0.474. The van der Waals surface area contributed by atoms with Gasteiger partial charge in [0.05, 0.1) is 10.0 Å². The van der Waals surface area contributed by atoms with E-state index in [1.54, 1.807) is 0 Å². The van der Waals surface area contributed by atoms with E-state index in [1.807, 2.05) is 0 Å². The Morgan fingerprint density at radius 2 is 0.889 bits per heavy atom. The number of thiophene rings is 2. The monoisotopic (exact) mass is 464 g/mol. The summed E-state index contributed by atoms with van der Waals surface area (Å²) < 4.78 is 87.6. The summed E-state index contributed by atoms with van der Waals surface area (Å²) in [5.74, 6) is -15.9. The minimum atomic E-state index is -5.62. The van der Waals surface area contributed by atoms with Crippen molar-refractivity contribution in [3.8, 4) is 0 Å². The second kappa shape index (κ2) is 6.15. The van der Waals surface area contributed by atoms with Crippen LogP contribution in [0, 0.1) is 27.7 Å². The van der Waals surface area contributed by atoms with Gasteiger partial charge in [-0.3, -0.25) is 0 Å². The normalized spacial score (nSPS) is 20.6. The molecule has 0 spiro atoms. The molecule has 0 nitrogen and oxygen atoms in total. The first kappa shape index (κ1) is 21.0. The molecule has 0 N–H and O–H groups in total. The van der Waals surface area contributed by atoms with Gasteiger partial charge in [-0.1, -0.05) is 23.2 Å². The van der Waals surface area contributed by atoms with Gasteiger partial charge in [-0.2, -0.15) is 26.3 Å². The van der Waals surface area contributed by atoms with Crippen molar-refractivity contribution in [2.75, 3.05) is 0 Å². The lowest BCUT2D eigenvalue weighted by atomic mass is 9.95. The molecule has 27 heavy (non-hydrogen) atoms. The van der Waals surface area contributed by atoms with Crippen molar-refractivity contribution in [1.82, 2.24) is 0 Å². The van der Waals surface area contributed by atoms with Gasteiger partial charge in [0, 0.05) is 41.8 Å². The topological polar surface area (TPSA) is 0 Å². The van der Waals surface area contributed by atoms with E-state index >= 15 is 0 Å². The van der Waals surface area contributed by atoms with Gasteiger partial charge in [-0.25, -0.2) is 0 Å². The molecule has 0 saturated heterocycles. The SMILES string of the molecule is Cc1sc(C)c(C2=C(c3c(C)sc(C)c3Cl)C(F)(F)C(F)(F)C2(F)F)c1Cl. The number of halogens is 8. The lowest BCUT2D eigenvalue weighted by Crippen LogP contribution is -2.49. The van der Waals surface area contributed by atoms with Crippen molar-refractivity contribution in [1.29, 1.82) is 0 Å². The Morgan fingerprint density at radius 3 is 1.11 bits per heavy atom. The van der Waals surface area contributed by atoms with Crippen LogP contribution in [-0.4, -0.2) is 17.8 Å². The predicted molar refractivity (Wildman–Crippen MR) is 99.3 cm³/mol. The standard InChI is InChI=1S/C17H12Cl2F6S2/c1-5-9(13(18)7(3)26-5)11-12(10-6(2)27-8(4)14(10)19)16(22,23)17(24,25)15(11,20)21/h1-4H3. The molecule has 10 heteroatoms. The lowest BCUT2D eigenvalue weighted by molar-refractivity contribution is -0.254. The van der Waals surface area contributed by atoms with E-state index < -0.39 is 40.0 Å². The number of hydrogen-bond donors (Lipinski definition) is 0. The maximum absolute atomic E-state index is 14.8. The minimum Gasteiger partial charge on any atom is -0.194 e. The molecule has 2 aromatic rings. The van der Waals surface area contributed by atoms with Crippen LogP contribution in [0.5, 0.6) is 0 Å². The van der Waals surface area contributed by atoms with E-state index in [0.717, 1.165) is 22.7 Å². The van der Waals surface area contributed by atoms with E-state index in [-0.39, 0.29) is 19.8 Å². The van der Waals surface area contributed by atoms with Crippen LogP contribution >= 0.6 is 45.9 Å². The first-order valence-electron chi connectivity index (χ1n) is 7.58. The minimum absolute atomic E-state index is 0.152. The number of hydrogen-bond acceptors (Lipinski definition) is 2. The quantitative estimate of drug-likeness (QED) is 0.393. The summed E-state index contributed by atoms with van der Waals surface area (Å²) in [5.41, 5.74) is -3.86. The summed E-state index contributed by atoms with van der Waals surface area (Å²) in [6.07, 6.45) is 0. The highest BCUT2D eigenvalue weighted by Gasteiger charge is 2.80. The van der Waals surface area contributed by atoms with Crippen molar-refractivity contribution in [3.05, 3.63) is 40.7 Å². The maximum Gasteiger partial charge on any atom is 0.380 e. The summed E-state index contributed by atoms with van der Waals surface area (Å²) in [7, 11) is 0. The zero-order chi connectivity index (χ0) is 20.7. The first-order valence-corrected chi connectivity index (χ1v) is 9.97. The van der Waals surface area contributed by atoms with Gasteiger partial charge >= 0.3 is 17.8 Å². The van der Waals surface area contributed by atoms with Crippen molar-refractivity contribution in [2.45, 2.75) is 45.5 Å². The second-order valence-corrected chi connectivity index (χ2v) is 9.89. The van der Waals surface area contributed by atoms with E-state index in [9.17, 15) is 26.3 Å². The highest BCUT2D eigenvalue weighted by molar-refractivity contribution is 7.13. The lowest BCUT2D eigenvalue weighted by Gasteiger charge is -2.26. The number of rotatable bonds is 2. The summed E-state index contributed by atoms with van der Waals surface area (Å²) in [6.45, 7) is 5.75. The number of allylic oxidation sites excluding steroid dienone is 2. The fraction of sp³-hybridized carbons (Fsp3) is 0.412. The average molecular weight is 465 g/mol. The molecule has 0 bridgehead atoms. The molecule has 2 aromatic heterocycles. The van der Waals surface area contributed by atoms with E-state index in [1.165, 1.54) is 27.7 Å². The third-order valence-electron chi connectivity index (χ3n) is 4.54. The second-order valence-electron chi connectivity index (χ2n) is 6.28.